The number of cyclic esters (lactones) is 1. The summed E-state index contributed by atoms with van der Waals surface area (Å²) in [6.07, 6.45) is 0.697. The molecule has 2 amide bonds. The number of carbonyl (C=O) groups is 3. The molecule has 2 saturated heterocycles. The van der Waals surface area contributed by atoms with Crippen LogP contribution in [-0.2, 0) is 32.2 Å². The third-order valence-electron chi connectivity index (χ3n) is 6.66. The minimum absolute atomic E-state index is 0.123. The highest BCUT2D eigenvalue weighted by Crippen LogP contribution is 2.30. The Morgan fingerprint density at radius 2 is 1.89 bits per heavy atom. The second-order valence-electron chi connectivity index (χ2n) is 9.47. The lowest BCUT2D eigenvalue weighted by molar-refractivity contribution is -0.142. The standard InChI is InChI=1S/C26H33FN4O6/c1-17(32)28-13-23-15-31(26(34)37-23)20-4-7-25(24(27)12-20)30-10-8-19(9-11-30)29(3)14-21-5-6-22(36-21)16-35-18(2)33/h4-7,12,19,23H,8-11,13-16H2,1-3H3,(H,28,32)/t23-/m0/s1. The highest BCUT2D eigenvalue weighted by atomic mass is 19.1. The molecule has 0 radical (unpaired) electrons. The first-order valence-corrected chi connectivity index (χ1v) is 12.4. The summed E-state index contributed by atoms with van der Waals surface area (Å²) in [5.74, 6) is 0.467. The lowest BCUT2D eigenvalue weighted by atomic mass is 10.0. The fraction of sp³-hybridized carbons (Fsp3) is 0.500. The molecule has 1 aromatic carbocycles. The molecule has 2 aromatic rings. The number of hydrogen-bond donors (Lipinski definition) is 1. The Labute approximate surface area is 215 Å². The Kier molecular flexibility index (Phi) is 8.32. The van der Waals surface area contributed by atoms with Crippen LogP contribution in [-0.4, -0.2) is 68.2 Å². The first-order chi connectivity index (χ1) is 17.7. The topological polar surface area (TPSA) is 105 Å². The van der Waals surface area contributed by atoms with E-state index in [0.717, 1.165) is 18.6 Å². The van der Waals surface area contributed by atoms with Crippen molar-refractivity contribution in [3.05, 3.63) is 47.7 Å². The molecule has 11 heteroatoms. The Hall–Kier alpha value is -3.60. The summed E-state index contributed by atoms with van der Waals surface area (Å²) in [4.78, 5) is 40.0. The van der Waals surface area contributed by atoms with Crippen molar-refractivity contribution < 1.29 is 32.7 Å². The first kappa shape index (κ1) is 26.5. The number of piperidine rings is 1. The van der Waals surface area contributed by atoms with E-state index in [1.54, 1.807) is 12.1 Å². The van der Waals surface area contributed by atoms with E-state index < -0.39 is 18.0 Å². The van der Waals surface area contributed by atoms with Crippen LogP contribution in [0.15, 0.2) is 34.7 Å². The normalized spacial score (nSPS) is 18.3. The van der Waals surface area contributed by atoms with Crippen LogP contribution in [0.5, 0.6) is 0 Å². The maximum Gasteiger partial charge on any atom is 0.414 e. The zero-order chi connectivity index (χ0) is 26.5. The number of anilines is 2. The predicted molar refractivity (Wildman–Crippen MR) is 134 cm³/mol. The smallest absolute Gasteiger partial charge is 0.414 e. The fourth-order valence-electron chi connectivity index (χ4n) is 4.70. The predicted octanol–water partition coefficient (Wildman–Crippen LogP) is 3.04. The van der Waals surface area contributed by atoms with Gasteiger partial charge in [-0.25, -0.2) is 9.18 Å². The molecule has 0 unspecified atom stereocenters. The third kappa shape index (κ3) is 6.79. The molecular formula is C26H33FN4O6. The molecule has 0 saturated carbocycles. The molecule has 2 aliphatic rings. The maximum absolute atomic E-state index is 15.1. The van der Waals surface area contributed by atoms with Gasteiger partial charge in [0.05, 0.1) is 31.0 Å². The number of esters is 1. The van der Waals surface area contributed by atoms with Gasteiger partial charge < -0.3 is 24.1 Å². The summed E-state index contributed by atoms with van der Waals surface area (Å²) in [5, 5.41) is 2.63. The number of furan rings is 1. The average Bonchev–Trinajstić information content (AvgIpc) is 3.47. The SMILES string of the molecule is CC(=O)NC[C@H]1CN(c2ccc(N3CCC(N(C)Cc4ccc(COC(C)=O)o4)CC3)c(F)c2)C(=O)O1. The Bertz CT molecular complexity index is 1130. The van der Waals surface area contributed by atoms with Crippen LogP contribution in [0.4, 0.5) is 20.6 Å². The second kappa shape index (κ2) is 11.6. The van der Waals surface area contributed by atoms with Crippen LogP contribution in [0, 0.1) is 5.82 Å². The lowest BCUT2D eigenvalue weighted by Crippen LogP contribution is -2.43. The van der Waals surface area contributed by atoms with Gasteiger partial charge in [0, 0.05) is 33.0 Å². The molecule has 2 fully saturated rings. The molecule has 1 N–H and O–H groups in total. The molecule has 3 heterocycles. The number of benzene rings is 1. The Morgan fingerprint density at radius 1 is 1.16 bits per heavy atom. The number of amides is 2. The molecule has 37 heavy (non-hydrogen) atoms. The average molecular weight is 517 g/mol. The van der Waals surface area contributed by atoms with Gasteiger partial charge in [-0.05, 0) is 50.2 Å². The molecule has 1 atom stereocenters. The Balaban J connectivity index is 1.29. The van der Waals surface area contributed by atoms with Gasteiger partial charge in [-0.2, -0.15) is 0 Å². The van der Waals surface area contributed by atoms with Crippen molar-refractivity contribution in [1.29, 1.82) is 0 Å². The van der Waals surface area contributed by atoms with Gasteiger partial charge in [0.2, 0.25) is 5.91 Å². The maximum atomic E-state index is 15.1. The summed E-state index contributed by atoms with van der Waals surface area (Å²) < 4.78 is 31.1. The molecule has 200 valence electrons. The molecule has 0 spiro atoms. The van der Waals surface area contributed by atoms with E-state index in [4.69, 9.17) is 13.9 Å². The van der Waals surface area contributed by atoms with Crippen LogP contribution in [0.25, 0.3) is 0 Å². The molecule has 10 nitrogen and oxygen atoms in total. The molecular weight excluding hydrogens is 483 g/mol. The van der Waals surface area contributed by atoms with Gasteiger partial charge in [-0.3, -0.25) is 19.4 Å². The monoisotopic (exact) mass is 516 g/mol. The van der Waals surface area contributed by atoms with Crippen LogP contribution >= 0.6 is 0 Å². The van der Waals surface area contributed by atoms with Crippen molar-refractivity contribution in [2.24, 2.45) is 0 Å². The van der Waals surface area contributed by atoms with Crippen molar-refractivity contribution >= 4 is 29.3 Å². The van der Waals surface area contributed by atoms with Crippen molar-refractivity contribution in [2.45, 2.75) is 52.0 Å². The summed E-state index contributed by atoms with van der Waals surface area (Å²) >= 11 is 0. The van der Waals surface area contributed by atoms with E-state index >= 15 is 4.39 Å². The van der Waals surface area contributed by atoms with Crippen molar-refractivity contribution in [1.82, 2.24) is 10.2 Å². The number of hydrogen-bond acceptors (Lipinski definition) is 8. The van der Waals surface area contributed by atoms with Gasteiger partial charge in [0.25, 0.3) is 0 Å². The molecule has 1 aromatic heterocycles. The van der Waals surface area contributed by atoms with Gasteiger partial charge >= 0.3 is 12.1 Å². The summed E-state index contributed by atoms with van der Waals surface area (Å²) in [6, 6.07) is 8.81. The van der Waals surface area contributed by atoms with E-state index in [9.17, 15) is 14.4 Å². The zero-order valence-corrected chi connectivity index (χ0v) is 21.4. The highest BCUT2D eigenvalue weighted by Gasteiger charge is 2.33. The first-order valence-electron chi connectivity index (χ1n) is 12.4. The third-order valence-corrected chi connectivity index (χ3v) is 6.66. The number of rotatable bonds is 9. The zero-order valence-electron chi connectivity index (χ0n) is 21.4. The van der Waals surface area contributed by atoms with Crippen molar-refractivity contribution in [3.63, 3.8) is 0 Å². The van der Waals surface area contributed by atoms with Crippen molar-refractivity contribution in [2.75, 3.05) is 43.0 Å². The number of halogens is 1. The van der Waals surface area contributed by atoms with Gasteiger partial charge in [-0.1, -0.05) is 0 Å². The van der Waals surface area contributed by atoms with Gasteiger partial charge in [0.15, 0.2) is 0 Å². The van der Waals surface area contributed by atoms with E-state index in [2.05, 4.69) is 10.2 Å². The molecule has 2 aliphatic heterocycles. The minimum atomic E-state index is -0.554. The van der Waals surface area contributed by atoms with E-state index in [-0.39, 0.29) is 31.6 Å². The summed E-state index contributed by atoms with van der Waals surface area (Å²) in [6.45, 7) is 5.37. The second-order valence-corrected chi connectivity index (χ2v) is 9.47. The quantitative estimate of drug-likeness (QED) is 0.507. The van der Waals surface area contributed by atoms with Crippen LogP contribution < -0.4 is 15.1 Å². The van der Waals surface area contributed by atoms with Crippen molar-refractivity contribution in [3.8, 4) is 0 Å². The Morgan fingerprint density at radius 3 is 2.57 bits per heavy atom. The van der Waals surface area contributed by atoms with Crippen LogP contribution in [0.3, 0.4) is 0 Å². The van der Waals surface area contributed by atoms with Crippen LogP contribution in [0.2, 0.25) is 0 Å². The van der Waals surface area contributed by atoms with Gasteiger partial charge in [-0.15, -0.1) is 0 Å². The lowest BCUT2D eigenvalue weighted by Gasteiger charge is -2.37. The van der Waals surface area contributed by atoms with E-state index in [1.807, 2.05) is 24.1 Å². The van der Waals surface area contributed by atoms with E-state index in [0.29, 0.717) is 42.8 Å². The van der Waals surface area contributed by atoms with Crippen LogP contribution in [0.1, 0.15) is 38.2 Å². The molecule has 0 bridgehead atoms. The number of carbonyl (C=O) groups excluding carboxylic acids is 3. The molecule has 0 aliphatic carbocycles. The fourth-order valence-corrected chi connectivity index (χ4v) is 4.70. The largest absolute Gasteiger partial charge is 0.461 e. The number of nitrogens with zero attached hydrogens (tertiary/aromatic N) is 3. The summed E-state index contributed by atoms with van der Waals surface area (Å²) in [7, 11) is 2.04. The molecule has 4 rings (SSSR count). The minimum Gasteiger partial charge on any atom is -0.461 e. The number of ether oxygens (including phenoxy) is 2. The van der Waals surface area contributed by atoms with E-state index in [1.165, 1.54) is 24.8 Å². The van der Waals surface area contributed by atoms with Gasteiger partial charge in [0.1, 0.15) is 30.0 Å². The highest BCUT2D eigenvalue weighted by molar-refractivity contribution is 5.90. The number of nitrogens with one attached hydrogen (secondary N) is 1. The summed E-state index contributed by atoms with van der Waals surface area (Å²) in [5.41, 5.74) is 0.936.